The van der Waals surface area contributed by atoms with Crippen molar-refractivity contribution in [2.45, 2.75) is 0 Å². The van der Waals surface area contributed by atoms with E-state index in [4.69, 9.17) is 4.42 Å². The molecule has 0 spiro atoms. The minimum Gasteiger partial charge on any atom is -0.456 e. The molecule has 14 rings (SSSR count). The Morgan fingerprint density at radius 1 is 0.230 bits per heavy atom. The van der Waals surface area contributed by atoms with Crippen molar-refractivity contribution >= 4 is 108 Å². The lowest BCUT2D eigenvalue weighted by atomic mass is 9.82. The molecule has 0 aliphatic carbocycles. The number of hydrogen-bond donors (Lipinski definition) is 0. The SMILES string of the molecule is c1ccc(-c2c3ccccc3c(-c3ccc4ccc5c(-c6ccc7c(c6)c6ccccc6c6cc8c(cc76)oc6ccccc68)ccc6ccc3c4c65)c3ccccc23)cc1. The average Bonchev–Trinajstić information content (AvgIpc) is 3.69. The number of para-hydroxylation sites is 1. The first-order valence-corrected chi connectivity index (χ1v) is 21.2. The first-order valence-electron chi connectivity index (χ1n) is 21.2. The maximum atomic E-state index is 6.42. The molecule has 1 heteroatoms. The first-order chi connectivity index (χ1) is 30.3. The van der Waals surface area contributed by atoms with Crippen LogP contribution in [0.3, 0.4) is 0 Å². The van der Waals surface area contributed by atoms with Crippen molar-refractivity contribution in [2.24, 2.45) is 0 Å². The van der Waals surface area contributed by atoms with Crippen molar-refractivity contribution in [3.05, 3.63) is 206 Å². The van der Waals surface area contributed by atoms with E-state index < -0.39 is 0 Å². The van der Waals surface area contributed by atoms with Crippen molar-refractivity contribution in [2.75, 3.05) is 0 Å². The van der Waals surface area contributed by atoms with E-state index in [0.717, 1.165) is 21.9 Å². The van der Waals surface area contributed by atoms with E-state index in [-0.39, 0.29) is 0 Å². The van der Waals surface area contributed by atoms with Crippen LogP contribution in [0.5, 0.6) is 0 Å². The largest absolute Gasteiger partial charge is 0.456 e. The van der Waals surface area contributed by atoms with Gasteiger partial charge in [0.25, 0.3) is 0 Å². The lowest BCUT2D eigenvalue weighted by Gasteiger charge is -2.20. The fourth-order valence-corrected chi connectivity index (χ4v) is 10.9. The molecule has 1 aromatic heterocycles. The van der Waals surface area contributed by atoms with Crippen molar-refractivity contribution in [3.63, 3.8) is 0 Å². The summed E-state index contributed by atoms with van der Waals surface area (Å²) in [6.45, 7) is 0. The normalized spacial score (nSPS) is 12.3. The van der Waals surface area contributed by atoms with Gasteiger partial charge in [0.15, 0.2) is 0 Å². The predicted octanol–water partition coefficient (Wildman–Crippen LogP) is 17.3. The maximum Gasteiger partial charge on any atom is 0.136 e. The van der Waals surface area contributed by atoms with Gasteiger partial charge in [0.2, 0.25) is 0 Å². The lowest BCUT2D eigenvalue weighted by Crippen LogP contribution is -1.93. The van der Waals surface area contributed by atoms with Crippen molar-refractivity contribution in [1.29, 1.82) is 0 Å². The number of rotatable bonds is 3. The molecule has 0 N–H and O–H groups in total. The summed E-state index contributed by atoms with van der Waals surface area (Å²) < 4.78 is 6.42. The van der Waals surface area contributed by atoms with E-state index >= 15 is 0 Å². The van der Waals surface area contributed by atoms with Crippen molar-refractivity contribution in [3.8, 4) is 33.4 Å². The quantitative estimate of drug-likeness (QED) is 0.129. The van der Waals surface area contributed by atoms with Gasteiger partial charge in [0.05, 0.1) is 0 Å². The highest BCUT2D eigenvalue weighted by Gasteiger charge is 2.21. The highest BCUT2D eigenvalue weighted by molar-refractivity contribution is 6.32. The van der Waals surface area contributed by atoms with Crippen molar-refractivity contribution in [1.82, 2.24) is 0 Å². The smallest absolute Gasteiger partial charge is 0.136 e. The van der Waals surface area contributed by atoms with Crippen LogP contribution in [0.15, 0.2) is 211 Å². The molecule has 0 aliphatic rings. The van der Waals surface area contributed by atoms with Crippen LogP contribution in [0.25, 0.3) is 141 Å². The van der Waals surface area contributed by atoms with Crippen LogP contribution in [0.1, 0.15) is 0 Å². The monoisotopic (exact) mass is 770 g/mol. The molecule has 280 valence electrons. The molecule has 14 aromatic rings. The number of fused-ring (bicyclic) bond motifs is 11. The summed E-state index contributed by atoms with van der Waals surface area (Å²) in [5.74, 6) is 0. The Bertz CT molecular complexity index is 4090. The second-order valence-electron chi connectivity index (χ2n) is 16.7. The highest BCUT2D eigenvalue weighted by Crippen LogP contribution is 2.49. The van der Waals surface area contributed by atoms with Gasteiger partial charge < -0.3 is 4.42 Å². The van der Waals surface area contributed by atoms with Gasteiger partial charge in [-0.3, -0.25) is 0 Å². The van der Waals surface area contributed by atoms with Crippen LogP contribution >= 0.6 is 0 Å². The molecule has 0 fully saturated rings. The second kappa shape index (κ2) is 12.3. The van der Waals surface area contributed by atoms with Crippen LogP contribution in [-0.2, 0) is 0 Å². The second-order valence-corrected chi connectivity index (χ2v) is 16.7. The Kier molecular flexibility index (Phi) is 6.62. The first kappa shape index (κ1) is 32.9. The van der Waals surface area contributed by atoms with E-state index in [2.05, 4.69) is 200 Å². The van der Waals surface area contributed by atoms with Crippen LogP contribution < -0.4 is 0 Å². The lowest BCUT2D eigenvalue weighted by molar-refractivity contribution is 0.669. The van der Waals surface area contributed by atoms with E-state index in [9.17, 15) is 0 Å². The average molecular weight is 771 g/mol. The van der Waals surface area contributed by atoms with Gasteiger partial charge in [-0.25, -0.2) is 0 Å². The minimum absolute atomic E-state index is 0.924. The third-order valence-corrected chi connectivity index (χ3v) is 13.6. The zero-order valence-electron chi connectivity index (χ0n) is 33.0. The summed E-state index contributed by atoms with van der Waals surface area (Å²) in [5.41, 5.74) is 9.39. The molecule has 0 radical (unpaired) electrons. The van der Waals surface area contributed by atoms with E-state index in [1.165, 1.54) is 120 Å². The molecule has 1 nitrogen and oxygen atoms in total. The summed E-state index contributed by atoms with van der Waals surface area (Å²) in [6, 6.07) is 76.4. The number of furan rings is 1. The molecule has 13 aromatic carbocycles. The predicted molar refractivity (Wildman–Crippen MR) is 261 cm³/mol. The molecule has 0 saturated heterocycles. The molecule has 0 saturated carbocycles. The van der Waals surface area contributed by atoms with Crippen LogP contribution in [0.4, 0.5) is 0 Å². The summed E-state index contributed by atoms with van der Waals surface area (Å²) in [5, 5.41) is 22.6. The van der Waals surface area contributed by atoms with Gasteiger partial charge >= 0.3 is 0 Å². The van der Waals surface area contributed by atoms with Crippen LogP contribution in [-0.4, -0.2) is 0 Å². The Hall–Kier alpha value is -8.00. The summed E-state index contributed by atoms with van der Waals surface area (Å²) in [7, 11) is 0. The Balaban J connectivity index is 1.02. The standard InChI is InChI=1S/C60H34O/c1-2-12-35(13-3-1)57-44-17-6-8-19-46(44)60(47-20-9-7-18-45(47)57)50-31-25-37-23-29-48-39(27-22-36-24-30-49(50)59(37)58(36)48)38-26-28-42-51(32-38)40-14-4-5-15-41(40)52-33-54-43-16-10-11-21-55(43)61-56(54)34-53(42)52/h1-34H. The summed E-state index contributed by atoms with van der Waals surface area (Å²) >= 11 is 0. The van der Waals surface area contributed by atoms with Crippen LogP contribution in [0, 0.1) is 0 Å². The molecular weight excluding hydrogens is 737 g/mol. The molecule has 1 heterocycles. The van der Waals surface area contributed by atoms with Crippen molar-refractivity contribution < 1.29 is 4.42 Å². The molecule has 0 atom stereocenters. The summed E-state index contributed by atoms with van der Waals surface area (Å²) in [6.07, 6.45) is 0. The summed E-state index contributed by atoms with van der Waals surface area (Å²) in [4.78, 5) is 0. The molecule has 0 amide bonds. The molecular formula is C60H34O. The fourth-order valence-electron chi connectivity index (χ4n) is 10.9. The van der Waals surface area contributed by atoms with Gasteiger partial charge in [0.1, 0.15) is 11.2 Å². The third kappa shape index (κ3) is 4.55. The topological polar surface area (TPSA) is 13.1 Å². The fraction of sp³-hybridized carbons (Fsp3) is 0. The Morgan fingerprint density at radius 3 is 1.38 bits per heavy atom. The molecule has 61 heavy (non-hydrogen) atoms. The maximum absolute atomic E-state index is 6.42. The van der Waals surface area contributed by atoms with Gasteiger partial charge in [-0.15, -0.1) is 0 Å². The van der Waals surface area contributed by atoms with Gasteiger partial charge in [0, 0.05) is 10.8 Å². The van der Waals surface area contributed by atoms with E-state index in [1.54, 1.807) is 0 Å². The number of benzene rings is 13. The molecule has 0 aliphatic heterocycles. The van der Waals surface area contributed by atoms with Gasteiger partial charge in [-0.1, -0.05) is 182 Å². The van der Waals surface area contributed by atoms with E-state index in [0.29, 0.717) is 0 Å². The van der Waals surface area contributed by atoms with E-state index in [1.807, 2.05) is 6.07 Å². The van der Waals surface area contributed by atoms with Gasteiger partial charge in [-0.05, 0) is 144 Å². The molecule has 0 unspecified atom stereocenters. The Labute approximate surface area is 350 Å². The highest BCUT2D eigenvalue weighted by atomic mass is 16.3. The molecule has 0 bridgehead atoms. The Morgan fingerprint density at radius 2 is 0.705 bits per heavy atom. The van der Waals surface area contributed by atoms with Gasteiger partial charge in [-0.2, -0.15) is 0 Å². The number of hydrogen-bond acceptors (Lipinski definition) is 1. The van der Waals surface area contributed by atoms with Crippen LogP contribution in [0.2, 0.25) is 0 Å². The third-order valence-electron chi connectivity index (χ3n) is 13.6. The zero-order valence-corrected chi connectivity index (χ0v) is 33.0. The minimum atomic E-state index is 0.924. The zero-order chi connectivity index (χ0) is 39.8.